The summed E-state index contributed by atoms with van der Waals surface area (Å²) in [6.45, 7) is 0.453. The van der Waals surface area contributed by atoms with Crippen molar-refractivity contribution in [3.63, 3.8) is 0 Å². The van der Waals surface area contributed by atoms with Gasteiger partial charge in [0, 0.05) is 25.3 Å². The second-order valence-corrected chi connectivity index (χ2v) is 7.13. The molecular weight excluding hydrogens is 341 g/mol. The molecule has 2 rings (SSSR count). The molecule has 1 N–H and O–H groups in total. The SMILES string of the molecule is COC(=O)NC1CCN(S(=O)(=O)c2cnc(Cl)c(Cl)c2)C1. The average Bonchev–Trinajstić information content (AvgIpc) is 2.90. The van der Waals surface area contributed by atoms with Gasteiger partial charge in [-0.05, 0) is 12.5 Å². The lowest BCUT2D eigenvalue weighted by molar-refractivity contribution is 0.167. The number of hydrogen-bond donors (Lipinski definition) is 1. The summed E-state index contributed by atoms with van der Waals surface area (Å²) in [5, 5.41) is 2.69. The number of carbonyl (C=O) groups is 1. The Bertz CT molecular complexity index is 653. The van der Waals surface area contributed by atoms with Crippen LogP contribution in [0, 0.1) is 0 Å². The number of sulfonamides is 1. The molecule has 1 aromatic heterocycles. The molecule has 0 aromatic carbocycles. The largest absolute Gasteiger partial charge is 0.453 e. The van der Waals surface area contributed by atoms with Crippen LogP contribution in [-0.4, -0.2) is 50.0 Å². The highest BCUT2D eigenvalue weighted by molar-refractivity contribution is 7.89. The Morgan fingerprint density at radius 2 is 2.24 bits per heavy atom. The molecular formula is C11H13Cl2N3O4S. The number of aromatic nitrogens is 1. The molecule has 0 spiro atoms. The van der Waals surface area contributed by atoms with Crippen molar-refractivity contribution in [1.82, 2.24) is 14.6 Å². The lowest BCUT2D eigenvalue weighted by Crippen LogP contribution is -2.38. The first-order valence-corrected chi connectivity index (χ1v) is 8.20. The minimum atomic E-state index is -3.72. The van der Waals surface area contributed by atoms with Gasteiger partial charge in [0.25, 0.3) is 0 Å². The normalized spacial score (nSPS) is 19.5. The highest BCUT2D eigenvalue weighted by atomic mass is 35.5. The van der Waals surface area contributed by atoms with Crippen LogP contribution in [0.4, 0.5) is 4.79 Å². The van der Waals surface area contributed by atoms with E-state index in [2.05, 4.69) is 15.0 Å². The van der Waals surface area contributed by atoms with Gasteiger partial charge in [-0.3, -0.25) is 0 Å². The summed E-state index contributed by atoms with van der Waals surface area (Å²) in [4.78, 5) is 14.8. The summed E-state index contributed by atoms with van der Waals surface area (Å²) in [7, 11) is -2.47. The van der Waals surface area contributed by atoms with Gasteiger partial charge in [0.1, 0.15) is 10.0 Å². The zero-order chi connectivity index (χ0) is 15.6. The number of nitrogens with zero attached hydrogens (tertiary/aromatic N) is 2. The van der Waals surface area contributed by atoms with Crippen molar-refractivity contribution in [2.75, 3.05) is 20.2 Å². The van der Waals surface area contributed by atoms with Gasteiger partial charge < -0.3 is 10.1 Å². The number of rotatable bonds is 3. The van der Waals surface area contributed by atoms with E-state index in [0.717, 1.165) is 6.20 Å². The fraction of sp³-hybridized carbons (Fsp3) is 0.455. The second-order valence-electron chi connectivity index (χ2n) is 4.43. The minimum Gasteiger partial charge on any atom is -0.453 e. The lowest BCUT2D eigenvalue weighted by Gasteiger charge is -2.17. The Morgan fingerprint density at radius 3 is 2.86 bits per heavy atom. The van der Waals surface area contributed by atoms with E-state index in [4.69, 9.17) is 23.2 Å². The van der Waals surface area contributed by atoms with Gasteiger partial charge in [0.2, 0.25) is 10.0 Å². The van der Waals surface area contributed by atoms with Crippen molar-refractivity contribution >= 4 is 39.3 Å². The number of methoxy groups -OCH3 is 1. The van der Waals surface area contributed by atoms with Crippen molar-refractivity contribution < 1.29 is 17.9 Å². The summed E-state index contributed by atoms with van der Waals surface area (Å²) in [5.74, 6) is 0. The number of hydrogen-bond acceptors (Lipinski definition) is 5. The number of nitrogens with one attached hydrogen (secondary N) is 1. The Balaban J connectivity index is 2.14. The van der Waals surface area contributed by atoms with E-state index in [0.29, 0.717) is 6.42 Å². The van der Waals surface area contributed by atoms with E-state index >= 15 is 0 Å². The average molecular weight is 354 g/mol. The van der Waals surface area contributed by atoms with Crippen LogP contribution >= 0.6 is 23.2 Å². The summed E-state index contributed by atoms with van der Waals surface area (Å²) in [6.07, 6.45) is 1.07. The van der Waals surface area contributed by atoms with Crippen LogP contribution in [0.1, 0.15) is 6.42 Å². The van der Waals surface area contributed by atoms with Crippen molar-refractivity contribution in [2.45, 2.75) is 17.4 Å². The third-order valence-electron chi connectivity index (χ3n) is 3.07. The molecule has 0 bridgehead atoms. The fourth-order valence-corrected chi connectivity index (χ4v) is 3.79. The predicted molar refractivity (Wildman–Crippen MR) is 77.0 cm³/mol. The Kier molecular flexibility index (Phi) is 4.92. The molecule has 0 radical (unpaired) electrons. The van der Waals surface area contributed by atoms with Crippen LogP contribution in [0.3, 0.4) is 0 Å². The highest BCUT2D eigenvalue weighted by Crippen LogP contribution is 2.26. The molecule has 0 saturated carbocycles. The Hall–Kier alpha value is -1.09. The molecule has 21 heavy (non-hydrogen) atoms. The second kappa shape index (κ2) is 6.35. The lowest BCUT2D eigenvalue weighted by atomic mass is 10.3. The van der Waals surface area contributed by atoms with Crippen molar-refractivity contribution in [2.24, 2.45) is 0 Å². The smallest absolute Gasteiger partial charge is 0.407 e. The van der Waals surface area contributed by atoms with Crippen LogP contribution < -0.4 is 5.32 Å². The third-order valence-corrected chi connectivity index (χ3v) is 5.58. The third kappa shape index (κ3) is 3.57. The Labute approximate surface area is 132 Å². The van der Waals surface area contributed by atoms with E-state index in [-0.39, 0.29) is 34.2 Å². The molecule has 1 aliphatic heterocycles. The van der Waals surface area contributed by atoms with Crippen molar-refractivity contribution in [1.29, 1.82) is 0 Å². The standard InChI is InChI=1S/C11H13Cl2N3O4S/c1-20-11(17)15-7-2-3-16(6-7)21(18,19)8-4-9(12)10(13)14-5-8/h4-5,7H,2-3,6H2,1H3,(H,15,17). The molecule has 0 aliphatic carbocycles. The molecule has 1 amide bonds. The molecule has 1 fully saturated rings. The van der Waals surface area contributed by atoms with Gasteiger partial charge in [0.15, 0.2) is 0 Å². The fourth-order valence-electron chi connectivity index (χ4n) is 1.98. The van der Waals surface area contributed by atoms with Crippen LogP contribution in [-0.2, 0) is 14.8 Å². The topological polar surface area (TPSA) is 88.6 Å². The van der Waals surface area contributed by atoms with E-state index in [1.165, 1.54) is 17.5 Å². The maximum Gasteiger partial charge on any atom is 0.407 e. The van der Waals surface area contributed by atoms with Gasteiger partial charge >= 0.3 is 6.09 Å². The van der Waals surface area contributed by atoms with Crippen molar-refractivity contribution in [3.05, 3.63) is 22.4 Å². The molecule has 2 heterocycles. The quantitative estimate of drug-likeness (QED) is 0.832. The van der Waals surface area contributed by atoms with Gasteiger partial charge in [-0.15, -0.1) is 0 Å². The molecule has 1 aliphatic rings. The number of pyridine rings is 1. The number of halogens is 2. The molecule has 1 aromatic rings. The summed E-state index contributed by atoms with van der Waals surface area (Å²) in [5.41, 5.74) is 0. The molecule has 10 heteroatoms. The van der Waals surface area contributed by atoms with E-state index < -0.39 is 16.1 Å². The highest BCUT2D eigenvalue weighted by Gasteiger charge is 2.33. The predicted octanol–water partition coefficient (Wildman–Crippen LogP) is 1.51. The van der Waals surface area contributed by atoms with Gasteiger partial charge in [-0.1, -0.05) is 23.2 Å². The van der Waals surface area contributed by atoms with Gasteiger partial charge in [0.05, 0.1) is 12.1 Å². The van der Waals surface area contributed by atoms with Crippen molar-refractivity contribution in [3.8, 4) is 0 Å². The van der Waals surface area contributed by atoms with Crippen LogP contribution in [0.25, 0.3) is 0 Å². The van der Waals surface area contributed by atoms with Crippen LogP contribution in [0.5, 0.6) is 0 Å². The maximum absolute atomic E-state index is 12.4. The number of ether oxygens (including phenoxy) is 1. The molecule has 1 atom stereocenters. The van der Waals surface area contributed by atoms with Crippen LogP contribution in [0.2, 0.25) is 10.2 Å². The summed E-state index contributed by atoms with van der Waals surface area (Å²) >= 11 is 11.5. The zero-order valence-corrected chi connectivity index (χ0v) is 13.4. The number of alkyl carbamates (subject to hydrolysis) is 1. The first kappa shape index (κ1) is 16.3. The van der Waals surface area contributed by atoms with E-state index in [9.17, 15) is 13.2 Å². The monoisotopic (exact) mass is 353 g/mol. The molecule has 7 nitrogen and oxygen atoms in total. The Morgan fingerprint density at radius 1 is 1.52 bits per heavy atom. The van der Waals surface area contributed by atoms with E-state index in [1.54, 1.807) is 0 Å². The maximum atomic E-state index is 12.4. The molecule has 116 valence electrons. The summed E-state index contributed by atoms with van der Waals surface area (Å²) < 4.78 is 30.6. The van der Waals surface area contributed by atoms with Gasteiger partial charge in [-0.2, -0.15) is 4.31 Å². The summed E-state index contributed by atoms with van der Waals surface area (Å²) in [6, 6.07) is 0.968. The first-order chi connectivity index (χ1) is 9.84. The van der Waals surface area contributed by atoms with Crippen LogP contribution in [0.15, 0.2) is 17.2 Å². The number of carbonyl (C=O) groups excluding carboxylic acids is 1. The molecule has 1 saturated heterocycles. The van der Waals surface area contributed by atoms with E-state index in [1.807, 2.05) is 0 Å². The zero-order valence-electron chi connectivity index (χ0n) is 11.0. The molecule has 1 unspecified atom stereocenters. The minimum absolute atomic E-state index is 0.0318. The van der Waals surface area contributed by atoms with Gasteiger partial charge in [-0.25, -0.2) is 18.2 Å². The first-order valence-electron chi connectivity index (χ1n) is 6.00. The number of amides is 1.